The van der Waals surface area contributed by atoms with Crippen LogP contribution < -0.4 is 4.90 Å². The van der Waals surface area contributed by atoms with Gasteiger partial charge >= 0.3 is 0 Å². The minimum atomic E-state index is -0.130. The maximum atomic E-state index is 12.9. The molecule has 3 aromatic rings. The standard InChI is InChI=1S/C19H15BrN2O2/c1-12-9-14-10-15(20)7-8-17(14)22(12)19(23)16-11-18(24-21-16)13-5-3-2-4-6-13/h2-8,10-12H,9H2,1H3. The lowest BCUT2D eigenvalue weighted by atomic mass is 10.1. The van der Waals surface area contributed by atoms with Crippen LogP contribution in [0.15, 0.2) is 63.6 Å². The molecule has 4 rings (SSSR count). The normalized spacial score (nSPS) is 16.2. The number of fused-ring (bicyclic) bond motifs is 1. The van der Waals surface area contributed by atoms with Gasteiger partial charge in [0.25, 0.3) is 5.91 Å². The zero-order valence-electron chi connectivity index (χ0n) is 13.1. The van der Waals surface area contributed by atoms with E-state index in [1.54, 1.807) is 11.0 Å². The molecule has 1 aliphatic rings. The lowest BCUT2D eigenvalue weighted by Crippen LogP contribution is -2.35. The molecule has 0 bridgehead atoms. The minimum absolute atomic E-state index is 0.0960. The number of carbonyl (C=O) groups is 1. The summed E-state index contributed by atoms with van der Waals surface area (Å²) in [5.41, 5.74) is 3.34. The number of benzene rings is 2. The highest BCUT2D eigenvalue weighted by atomic mass is 79.9. The van der Waals surface area contributed by atoms with Gasteiger partial charge in [0.15, 0.2) is 11.5 Å². The SMILES string of the molecule is CC1Cc2cc(Br)ccc2N1C(=O)c1cc(-c2ccccc2)on1. The van der Waals surface area contributed by atoms with Crippen LogP contribution >= 0.6 is 15.9 Å². The van der Waals surface area contributed by atoms with Crippen molar-refractivity contribution in [2.24, 2.45) is 0 Å². The van der Waals surface area contributed by atoms with Crippen LogP contribution in [0.2, 0.25) is 0 Å². The fourth-order valence-corrected chi connectivity index (χ4v) is 3.56. The number of hydrogen-bond acceptors (Lipinski definition) is 3. The van der Waals surface area contributed by atoms with Crippen molar-refractivity contribution in [3.63, 3.8) is 0 Å². The van der Waals surface area contributed by atoms with E-state index in [0.29, 0.717) is 11.5 Å². The fraction of sp³-hybridized carbons (Fsp3) is 0.158. The topological polar surface area (TPSA) is 46.3 Å². The van der Waals surface area contributed by atoms with E-state index in [2.05, 4.69) is 27.2 Å². The van der Waals surface area contributed by atoms with Crippen molar-refractivity contribution in [3.05, 3.63) is 70.3 Å². The molecule has 0 spiro atoms. The van der Waals surface area contributed by atoms with Crippen LogP contribution in [-0.2, 0) is 6.42 Å². The largest absolute Gasteiger partial charge is 0.355 e. The first-order valence-electron chi connectivity index (χ1n) is 7.77. The molecule has 0 saturated carbocycles. The van der Waals surface area contributed by atoms with Crippen molar-refractivity contribution in [3.8, 4) is 11.3 Å². The minimum Gasteiger partial charge on any atom is -0.355 e. The third-order valence-electron chi connectivity index (χ3n) is 4.26. The van der Waals surface area contributed by atoms with E-state index >= 15 is 0 Å². The zero-order valence-corrected chi connectivity index (χ0v) is 14.7. The molecule has 5 heteroatoms. The highest BCUT2D eigenvalue weighted by Gasteiger charge is 2.33. The maximum Gasteiger partial charge on any atom is 0.280 e. The molecule has 24 heavy (non-hydrogen) atoms. The Morgan fingerprint density at radius 3 is 2.79 bits per heavy atom. The molecular weight excluding hydrogens is 368 g/mol. The summed E-state index contributed by atoms with van der Waals surface area (Å²) in [7, 11) is 0. The lowest BCUT2D eigenvalue weighted by molar-refractivity contribution is 0.0973. The molecule has 1 amide bonds. The Balaban J connectivity index is 1.67. The molecule has 120 valence electrons. The molecule has 2 heterocycles. The highest BCUT2D eigenvalue weighted by Crippen LogP contribution is 2.35. The van der Waals surface area contributed by atoms with Gasteiger partial charge in [-0.05, 0) is 37.1 Å². The third kappa shape index (κ3) is 2.55. The number of hydrogen-bond donors (Lipinski definition) is 0. The van der Waals surface area contributed by atoms with Gasteiger partial charge in [-0.15, -0.1) is 0 Å². The van der Waals surface area contributed by atoms with Gasteiger partial charge in [-0.3, -0.25) is 4.79 Å². The van der Waals surface area contributed by atoms with Crippen LogP contribution in [0.25, 0.3) is 11.3 Å². The van der Waals surface area contributed by atoms with Gasteiger partial charge in [-0.2, -0.15) is 0 Å². The summed E-state index contributed by atoms with van der Waals surface area (Å²) in [4.78, 5) is 14.7. The Morgan fingerprint density at radius 1 is 1.21 bits per heavy atom. The monoisotopic (exact) mass is 382 g/mol. The van der Waals surface area contributed by atoms with Crippen LogP contribution in [0.4, 0.5) is 5.69 Å². The van der Waals surface area contributed by atoms with E-state index in [-0.39, 0.29) is 11.9 Å². The lowest BCUT2D eigenvalue weighted by Gasteiger charge is -2.21. The van der Waals surface area contributed by atoms with E-state index in [0.717, 1.165) is 27.7 Å². The predicted octanol–water partition coefficient (Wildman–Crippen LogP) is 4.70. The summed E-state index contributed by atoms with van der Waals surface area (Å²) >= 11 is 3.49. The number of carbonyl (C=O) groups excluding carboxylic acids is 1. The molecule has 0 aliphatic carbocycles. The second-order valence-corrected chi connectivity index (χ2v) is 6.86. The Hall–Kier alpha value is -2.40. The quantitative estimate of drug-likeness (QED) is 0.645. The van der Waals surface area contributed by atoms with Gasteiger partial charge in [0.2, 0.25) is 0 Å². The number of nitrogens with zero attached hydrogens (tertiary/aromatic N) is 2. The predicted molar refractivity (Wildman–Crippen MR) is 96.1 cm³/mol. The molecule has 0 saturated heterocycles. The van der Waals surface area contributed by atoms with Crippen LogP contribution in [0.3, 0.4) is 0 Å². The highest BCUT2D eigenvalue weighted by molar-refractivity contribution is 9.10. The van der Waals surface area contributed by atoms with Crippen molar-refractivity contribution in [2.75, 3.05) is 4.90 Å². The molecule has 1 unspecified atom stereocenters. The Morgan fingerprint density at radius 2 is 2.00 bits per heavy atom. The maximum absolute atomic E-state index is 12.9. The summed E-state index contributed by atoms with van der Waals surface area (Å²) in [5, 5.41) is 3.99. The summed E-state index contributed by atoms with van der Waals surface area (Å²) in [5.74, 6) is 0.469. The Labute approximate surface area is 148 Å². The second kappa shape index (κ2) is 5.91. The molecule has 0 radical (unpaired) electrons. The molecule has 0 fully saturated rings. The number of anilines is 1. The third-order valence-corrected chi connectivity index (χ3v) is 4.76. The van der Waals surface area contributed by atoms with Gasteiger partial charge in [0.05, 0.1) is 0 Å². The number of amides is 1. The van der Waals surface area contributed by atoms with Crippen LogP contribution in [0.5, 0.6) is 0 Å². The first kappa shape index (κ1) is 15.1. The Kier molecular flexibility index (Phi) is 3.73. The van der Waals surface area contributed by atoms with Gasteiger partial charge in [0.1, 0.15) is 0 Å². The van der Waals surface area contributed by atoms with E-state index in [4.69, 9.17) is 4.52 Å². The summed E-state index contributed by atoms with van der Waals surface area (Å²) < 4.78 is 6.39. The molecule has 1 aromatic heterocycles. The van der Waals surface area contributed by atoms with Crippen molar-refractivity contribution >= 4 is 27.5 Å². The van der Waals surface area contributed by atoms with Gasteiger partial charge in [-0.25, -0.2) is 0 Å². The second-order valence-electron chi connectivity index (χ2n) is 5.94. The summed E-state index contributed by atoms with van der Waals surface area (Å²) in [6.45, 7) is 2.05. The Bertz CT molecular complexity index is 905. The average Bonchev–Trinajstić information content (AvgIpc) is 3.19. The first-order valence-corrected chi connectivity index (χ1v) is 8.57. The van der Waals surface area contributed by atoms with Crippen LogP contribution in [-0.4, -0.2) is 17.1 Å². The van der Waals surface area contributed by atoms with Crippen LogP contribution in [0.1, 0.15) is 23.0 Å². The van der Waals surface area contributed by atoms with Crippen molar-refractivity contribution in [1.29, 1.82) is 0 Å². The van der Waals surface area contributed by atoms with Gasteiger partial charge in [-0.1, -0.05) is 51.4 Å². The molecule has 0 N–H and O–H groups in total. The van der Waals surface area contributed by atoms with Crippen LogP contribution in [0, 0.1) is 0 Å². The zero-order chi connectivity index (χ0) is 16.7. The molecule has 2 aromatic carbocycles. The molecule has 4 nitrogen and oxygen atoms in total. The van der Waals surface area contributed by atoms with E-state index in [1.165, 1.54) is 0 Å². The summed E-state index contributed by atoms with van der Waals surface area (Å²) in [6, 6.07) is 17.4. The van der Waals surface area contributed by atoms with E-state index < -0.39 is 0 Å². The van der Waals surface area contributed by atoms with Gasteiger partial charge < -0.3 is 9.42 Å². The van der Waals surface area contributed by atoms with Crippen molar-refractivity contribution in [2.45, 2.75) is 19.4 Å². The molecule has 1 aliphatic heterocycles. The number of halogens is 1. The number of aromatic nitrogens is 1. The van der Waals surface area contributed by atoms with Crippen molar-refractivity contribution in [1.82, 2.24) is 5.16 Å². The smallest absolute Gasteiger partial charge is 0.280 e. The first-order chi connectivity index (χ1) is 11.6. The van der Waals surface area contributed by atoms with E-state index in [1.807, 2.05) is 49.4 Å². The summed E-state index contributed by atoms with van der Waals surface area (Å²) in [6.07, 6.45) is 0.837. The van der Waals surface area contributed by atoms with Crippen molar-refractivity contribution < 1.29 is 9.32 Å². The fourth-order valence-electron chi connectivity index (χ4n) is 3.15. The average molecular weight is 383 g/mol. The van der Waals surface area contributed by atoms with E-state index in [9.17, 15) is 4.79 Å². The molecule has 1 atom stereocenters. The van der Waals surface area contributed by atoms with Gasteiger partial charge in [0, 0.05) is 27.8 Å². The molecular formula is C19H15BrN2O2. The number of rotatable bonds is 2.